The number of anilines is 1. The molecule has 7 heteroatoms. The number of rotatable bonds is 7. The van der Waals surface area contributed by atoms with E-state index in [1.165, 1.54) is 12.7 Å². The third-order valence-corrected chi connectivity index (χ3v) is 6.05. The summed E-state index contributed by atoms with van der Waals surface area (Å²) in [4.78, 5) is 12.8. The third kappa shape index (κ3) is 5.04. The lowest BCUT2D eigenvalue weighted by molar-refractivity contribution is -0.122. The van der Waals surface area contributed by atoms with E-state index in [1.54, 1.807) is 31.2 Å². The summed E-state index contributed by atoms with van der Waals surface area (Å²) in [5.74, 6) is 0.240. The first-order valence-electron chi connectivity index (χ1n) is 9.05. The zero-order valence-electron chi connectivity index (χ0n) is 17.2. The van der Waals surface area contributed by atoms with Crippen molar-refractivity contribution in [1.82, 2.24) is 5.32 Å². The number of nitrogens with zero attached hydrogens (tertiary/aromatic N) is 1. The summed E-state index contributed by atoms with van der Waals surface area (Å²) >= 11 is 0. The highest BCUT2D eigenvalue weighted by molar-refractivity contribution is 7.92. The summed E-state index contributed by atoms with van der Waals surface area (Å²) in [5.41, 5.74) is 3.70. The van der Waals surface area contributed by atoms with Crippen molar-refractivity contribution >= 4 is 21.6 Å². The molecule has 0 aliphatic heterocycles. The second-order valence-corrected chi connectivity index (χ2v) is 8.87. The van der Waals surface area contributed by atoms with E-state index >= 15 is 0 Å². The fraction of sp³-hybridized carbons (Fsp3) is 0.381. The summed E-state index contributed by atoms with van der Waals surface area (Å²) in [6.45, 7) is 7.51. The Morgan fingerprint density at radius 1 is 1.04 bits per heavy atom. The molecule has 0 heterocycles. The van der Waals surface area contributed by atoms with Gasteiger partial charge in [-0.05, 0) is 68.7 Å². The number of ether oxygens (including phenoxy) is 1. The van der Waals surface area contributed by atoms with Crippen LogP contribution in [-0.4, -0.2) is 33.7 Å². The van der Waals surface area contributed by atoms with Crippen molar-refractivity contribution in [2.24, 2.45) is 0 Å². The lowest BCUT2D eigenvalue weighted by atomic mass is 10.0. The van der Waals surface area contributed by atoms with Crippen LogP contribution >= 0.6 is 0 Å². The summed E-state index contributed by atoms with van der Waals surface area (Å²) in [6.07, 6.45) is 1.09. The van der Waals surface area contributed by atoms with Gasteiger partial charge in [-0.25, -0.2) is 8.42 Å². The Hall–Kier alpha value is -2.54. The third-order valence-electron chi connectivity index (χ3n) is 4.81. The number of carbonyl (C=O) groups excluding carboxylic acids is 1. The lowest BCUT2D eigenvalue weighted by Crippen LogP contribution is -2.48. The lowest BCUT2D eigenvalue weighted by Gasteiger charge is -2.29. The number of methoxy groups -OCH3 is 1. The minimum Gasteiger partial charge on any atom is -0.497 e. The highest BCUT2D eigenvalue weighted by atomic mass is 32.2. The highest BCUT2D eigenvalue weighted by Gasteiger charge is 2.30. The molecule has 6 nitrogen and oxygen atoms in total. The molecule has 0 spiro atoms. The molecular formula is C21H28N2O4S. The van der Waals surface area contributed by atoms with Gasteiger partial charge in [0.15, 0.2) is 0 Å². The Morgan fingerprint density at radius 2 is 1.64 bits per heavy atom. The van der Waals surface area contributed by atoms with Crippen LogP contribution in [-0.2, 0) is 14.8 Å². The van der Waals surface area contributed by atoms with Gasteiger partial charge in [0.2, 0.25) is 15.9 Å². The summed E-state index contributed by atoms with van der Waals surface area (Å²) in [6, 6.07) is 11.4. The van der Waals surface area contributed by atoms with Gasteiger partial charge in [-0.2, -0.15) is 0 Å². The molecule has 0 radical (unpaired) electrons. The Labute approximate surface area is 167 Å². The highest BCUT2D eigenvalue weighted by Crippen LogP contribution is 2.24. The molecule has 2 aromatic rings. The van der Waals surface area contributed by atoms with Gasteiger partial charge in [0.25, 0.3) is 0 Å². The average molecular weight is 405 g/mol. The average Bonchev–Trinajstić information content (AvgIpc) is 2.63. The van der Waals surface area contributed by atoms with E-state index in [0.717, 1.165) is 21.7 Å². The van der Waals surface area contributed by atoms with Crippen LogP contribution in [0.4, 0.5) is 5.69 Å². The molecule has 1 N–H and O–H groups in total. The number of aryl methyl sites for hydroxylation is 2. The maximum atomic E-state index is 12.8. The normalized spacial score (nSPS) is 13.5. The van der Waals surface area contributed by atoms with Crippen LogP contribution in [0.3, 0.4) is 0 Å². The molecule has 0 aliphatic carbocycles. The number of amides is 1. The minimum atomic E-state index is -3.66. The van der Waals surface area contributed by atoms with E-state index in [2.05, 4.69) is 5.32 Å². The van der Waals surface area contributed by atoms with E-state index in [-0.39, 0.29) is 11.9 Å². The Balaban J connectivity index is 2.24. The fourth-order valence-electron chi connectivity index (χ4n) is 2.99. The first-order valence-corrected chi connectivity index (χ1v) is 10.9. The van der Waals surface area contributed by atoms with Crippen LogP contribution in [0, 0.1) is 13.8 Å². The smallest absolute Gasteiger partial charge is 0.244 e. The summed E-state index contributed by atoms with van der Waals surface area (Å²) in [5, 5.41) is 2.92. The molecule has 0 saturated heterocycles. The van der Waals surface area contributed by atoms with Crippen LogP contribution in [0.1, 0.15) is 36.6 Å². The molecule has 0 aromatic heterocycles. The van der Waals surface area contributed by atoms with Crippen LogP contribution in [0.25, 0.3) is 0 Å². The second kappa shape index (κ2) is 8.65. The Morgan fingerprint density at radius 3 is 2.14 bits per heavy atom. The topological polar surface area (TPSA) is 75.7 Å². The van der Waals surface area contributed by atoms with Gasteiger partial charge in [-0.15, -0.1) is 0 Å². The van der Waals surface area contributed by atoms with Crippen molar-refractivity contribution in [2.45, 2.75) is 39.8 Å². The van der Waals surface area contributed by atoms with Gasteiger partial charge in [0.05, 0.1) is 25.1 Å². The molecule has 28 heavy (non-hydrogen) atoms. The standard InChI is InChI=1S/C21H28N2O4S/c1-14-7-8-18(13-15(14)2)16(3)22-21(24)17(4)23(28(6,25)26)19-9-11-20(27-5)12-10-19/h7-13,16-17H,1-6H3,(H,22,24)/t16-,17+/m0/s1. The van der Waals surface area contributed by atoms with Crippen LogP contribution < -0.4 is 14.4 Å². The predicted molar refractivity (Wildman–Crippen MR) is 112 cm³/mol. The van der Waals surface area contributed by atoms with Crippen molar-refractivity contribution < 1.29 is 17.9 Å². The molecule has 2 atom stereocenters. The molecule has 0 saturated carbocycles. The molecule has 2 rings (SSSR count). The maximum Gasteiger partial charge on any atom is 0.244 e. The first kappa shape index (κ1) is 21.8. The zero-order chi connectivity index (χ0) is 21.1. The van der Waals surface area contributed by atoms with E-state index in [9.17, 15) is 13.2 Å². The van der Waals surface area contributed by atoms with E-state index < -0.39 is 16.1 Å². The first-order chi connectivity index (χ1) is 13.0. The van der Waals surface area contributed by atoms with Crippen LogP contribution in [0.2, 0.25) is 0 Å². The second-order valence-electron chi connectivity index (χ2n) is 7.01. The van der Waals surface area contributed by atoms with E-state index in [4.69, 9.17) is 4.74 Å². The van der Waals surface area contributed by atoms with Crippen LogP contribution in [0.15, 0.2) is 42.5 Å². The number of hydrogen-bond donors (Lipinski definition) is 1. The Kier molecular flexibility index (Phi) is 6.72. The zero-order valence-corrected chi connectivity index (χ0v) is 18.0. The van der Waals surface area contributed by atoms with Crippen molar-refractivity contribution in [3.63, 3.8) is 0 Å². The number of sulfonamides is 1. The summed E-state index contributed by atoms with van der Waals surface area (Å²) in [7, 11) is -2.13. The van der Waals surface area contributed by atoms with Gasteiger partial charge in [0.1, 0.15) is 11.8 Å². The molecule has 1 amide bonds. The molecular weight excluding hydrogens is 376 g/mol. The van der Waals surface area contributed by atoms with Gasteiger partial charge in [0, 0.05) is 0 Å². The molecule has 0 aliphatic rings. The van der Waals surface area contributed by atoms with Gasteiger partial charge in [-0.1, -0.05) is 18.2 Å². The predicted octanol–water partition coefficient (Wildman–Crippen LogP) is 3.34. The largest absolute Gasteiger partial charge is 0.497 e. The van der Waals surface area contributed by atoms with Gasteiger partial charge in [-0.3, -0.25) is 9.10 Å². The van der Waals surface area contributed by atoms with Gasteiger partial charge >= 0.3 is 0 Å². The summed E-state index contributed by atoms with van der Waals surface area (Å²) < 4.78 is 31.0. The number of benzene rings is 2. The maximum absolute atomic E-state index is 12.8. The quantitative estimate of drug-likeness (QED) is 0.768. The van der Waals surface area contributed by atoms with Crippen molar-refractivity contribution in [2.75, 3.05) is 17.7 Å². The molecule has 0 unspecified atom stereocenters. The van der Waals surface area contributed by atoms with E-state index in [1.807, 2.05) is 39.0 Å². The van der Waals surface area contributed by atoms with E-state index in [0.29, 0.717) is 11.4 Å². The number of nitrogens with one attached hydrogen (secondary N) is 1. The SMILES string of the molecule is COc1ccc(N([C@H](C)C(=O)N[C@@H](C)c2ccc(C)c(C)c2)S(C)(=O)=O)cc1. The molecule has 2 aromatic carbocycles. The number of carbonyl (C=O) groups is 1. The Bertz CT molecular complexity index is 939. The van der Waals surface area contributed by atoms with Crippen molar-refractivity contribution in [3.05, 3.63) is 59.2 Å². The van der Waals surface area contributed by atoms with Gasteiger partial charge < -0.3 is 10.1 Å². The fourth-order valence-corrected chi connectivity index (χ4v) is 4.16. The van der Waals surface area contributed by atoms with Crippen LogP contribution in [0.5, 0.6) is 5.75 Å². The molecule has 0 fully saturated rings. The number of hydrogen-bond acceptors (Lipinski definition) is 4. The monoisotopic (exact) mass is 404 g/mol. The molecule has 0 bridgehead atoms. The van der Waals surface area contributed by atoms with Crippen molar-refractivity contribution in [3.8, 4) is 5.75 Å². The minimum absolute atomic E-state index is 0.244. The molecule has 152 valence electrons. The van der Waals surface area contributed by atoms with Crippen molar-refractivity contribution in [1.29, 1.82) is 0 Å².